The van der Waals surface area contributed by atoms with Gasteiger partial charge >= 0.3 is 6.18 Å². The van der Waals surface area contributed by atoms with Gasteiger partial charge in [-0.25, -0.2) is 4.68 Å². The molecule has 0 saturated carbocycles. The minimum Gasteiger partial charge on any atom is -0.508 e. The second kappa shape index (κ2) is 8.35. The molecular formula is C21H19F3N4O. The van der Waals surface area contributed by atoms with E-state index in [2.05, 4.69) is 10.1 Å². The van der Waals surface area contributed by atoms with Gasteiger partial charge in [-0.3, -0.25) is 4.98 Å². The molecule has 1 aliphatic carbocycles. The minimum absolute atomic E-state index is 0.220. The Kier molecular flexibility index (Phi) is 5.87. The first kappa shape index (κ1) is 20.4. The molecule has 2 heterocycles. The largest absolute Gasteiger partial charge is 0.508 e. The van der Waals surface area contributed by atoms with E-state index in [-0.39, 0.29) is 16.9 Å². The normalized spacial score (nSPS) is 13.6. The van der Waals surface area contributed by atoms with Gasteiger partial charge in [0.25, 0.3) is 0 Å². The SMILES string of the molecule is C/C=C/n1ncc2ccc(O)cc21.N#Cc1cnc2c(c1C(F)(F)F)CCCC2. The Morgan fingerprint density at radius 2 is 1.97 bits per heavy atom. The summed E-state index contributed by atoms with van der Waals surface area (Å²) in [5, 5.41) is 23.1. The highest BCUT2D eigenvalue weighted by Gasteiger charge is 2.38. The fraction of sp³-hybridized carbons (Fsp3) is 0.286. The van der Waals surface area contributed by atoms with Crippen molar-refractivity contribution in [2.24, 2.45) is 0 Å². The molecule has 150 valence electrons. The lowest BCUT2D eigenvalue weighted by Gasteiger charge is -2.20. The van der Waals surface area contributed by atoms with Crippen LogP contribution in [0.4, 0.5) is 13.2 Å². The van der Waals surface area contributed by atoms with Gasteiger partial charge < -0.3 is 5.11 Å². The van der Waals surface area contributed by atoms with Gasteiger partial charge in [0.15, 0.2) is 0 Å². The van der Waals surface area contributed by atoms with Gasteiger partial charge in [0.1, 0.15) is 11.8 Å². The van der Waals surface area contributed by atoms with Gasteiger partial charge in [0.2, 0.25) is 0 Å². The van der Waals surface area contributed by atoms with E-state index in [1.807, 2.05) is 25.3 Å². The van der Waals surface area contributed by atoms with Gasteiger partial charge in [-0.2, -0.15) is 23.5 Å². The number of benzene rings is 1. The smallest absolute Gasteiger partial charge is 0.418 e. The van der Waals surface area contributed by atoms with Crippen LogP contribution in [0.2, 0.25) is 0 Å². The van der Waals surface area contributed by atoms with Gasteiger partial charge in [0, 0.05) is 29.5 Å². The fourth-order valence-electron chi connectivity index (χ4n) is 3.37. The van der Waals surface area contributed by atoms with Crippen LogP contribution in [-0.4, -0.2) is 19.9 Å². The number of alkyl halides is 3. The third-order valence-electron chi connectivity index (χ3n) is 4.64. The molecule has 0 fully saturated rings. The number of nitrogens with zero attached hydrogens (tertiary/aromatic N) is 4. The average Bonchev–Trinajstić information content (AvgIpc) is 3.09. The monoisotopic (exact) mass is 400 g/mol. The Balaban J connectivity index is 0.000000169. The minimum atomic E-state index is -4.46. The summed E-state index contributed by atoms with van der Waals surface area (Å²) in [7, 11) is 0. The molecule has 1 N–H and O–H groups in total. The molecule has 0 saturated heterocycles. The lowest BCUT2D eigenvalue weighted by molar-refractivity contribution is -0.138. The molecule has 8 heteroatoms. The van der Waals surface area contributed by atoms with Crippen molar-refractivity contribution in [3.8, 4) is 11.8 Å². The quantitative estimate of drug-likeness (QED) is 0.618. The zero-order chi connectivity index (χ0) is 21.0. The molecule has 0 unspecified atom stereocenters. The van der Waals surface area contributed by atoms with Crippen LogP contribution in [0.3, 0.4) is 0 Å². The van der Waals surface area contributed by atoms with Crippen molar-refractivity contribution in [2.75, 3.05) is 0 Å². The van der Waals surface area contributed by atoms with E-state index in [4.69, 9.17) is 5.26 Å². The number of hydrogen-bond acceptors (Lipinski definition) is 4. The molecule has 5 nitrogen and oxygen atoms in total. The summed E-state index contributed by atoms with van der Waals surface area (Å²) in [6.07, 6.45) is 4.63. The van der Waals surface area contributed by atoms with Gasteiger partial charge in [0.05, 0.1) is 22.8 Å². The standard InChI is InChI=1S/C11H9F3N2.C10H10N2O/c12-11(13,14)10-7(5-15)6-16-9-4-2-1-3-8(9)10;1-2-5-12-10-6-9(13)4-3-8(10)7-11-12/h6H,1-4H2;2-7,13H,1H3/b;5-2+. The average molecular weight is 400 g/mol. The van der Waals surface area contributed by atoms with Crippen LogP contribution in [-0.2, 0) is 19.0 Å². The van der Waals surface area contributed by atoms with E-state index in [1.165, 1.54) is 0 Å². The van der Waals surface area contributed by atoms with Crippen molar-refractivity contribution < 1.29 is 18.3 Å². The predicted octanol–water partition coefficient (Wildman–Crippen LogP) is 5.08. The molecule has 0 amide bonds. The first-order valence-corrected chi connectivity index (χ1v) is 9.12. The topological polar surface area (TPSA) is 74.7 Å². The first-order valence-electron chi connectivity index (χ1n) is 9.12. The number of fused-ring (bicyclic) bond motifs is 2. The molecule has 0 radical (unpaired) electrons. The summed E-state index contributed by atoms with van der Waals surface area (Å²) in [5.41, 5.74) is 0.487. The highest BCUT2D eigenvalue weighted by Crippen LogP contribution is 2.37. The second-order valence-electron chi connectivity index (χ2n) is 6.60. The van der Waals surface area contributed by atoms with E-state index < -0.39 is 11.7 Å². The predicted molar refractivity (Wildman–Crippen MR) is 103 cm³/mol. The summed E-state index contributed by atoms with van der Waals surface area (Å²) >= 11 is 0. The Hall–Kier alpha value is -3.34. The van der Waals surface area contributed by atoms with E-state index >= 15 is 0 Å². The zero-order valence-electron chi connectivity index (χ0n) is 15.7. The van der Waals surface area contributed by atoms with Crippen molar-refractivity contribution in [1.29, 1.82) is 5.26 Å². The number of nitriles is 1. The van der Waals surface area contributed by atoms with Crippen molar-refractivity contribution in [2.45, 2.75) is 38.8 Å². The summed E-state index contributed by atoms with van der Waals surface area (Å²) in [6, 6.07) is 6.77. The summed E-state index contributed by atoms with van der Waals surface area (Å²) in [4.78, 5) is 3.94. The highest BCUT2D eigenvalue weighted by atomic mass is 19.4. The van der Waals surface area contributed by atoms with Crippen molar-refractivity contribution >= 4 is 17.1 Å². The Morgan fingerprint density at radius 3 is 2.66 bits per heavy atom. The summed E-state index contributed by atoms with van der Waals surface area (Å²) < 4.78 is 40.3. The number of aromatic hydroxyl groups is 1. The molecule has 0 spiro atoms. The second-order valence-corrected chi connectivity index (χ2v) is 6.60. The molecule has 2 aromatic heterocycles. The van der Waals surface area contributed by atoms with Crippen LogP contribution < -0.4 is 0 Å². The van der Waals surface area contributed by atoms with Crippen LogP contribution in [0.15, 0.2) is 36.7 Å². The van der Waals surface area contributed by atoms with Crippen LogP contribution >= 0.6 is 0 Å². The molecule has 4 rings (SSSR count). The number of aryl methyl sites for hydroxylation is 1. The fourth-order valence-corrected chi connectivity index (χ4v) is 3.37. The van der Waals surface area contributed by atoms with Gasteiger partial charge in [-0.05, 0) is 50.3 Å². The van der Waals surface area contributed by atoms with Crippen LogP contribution in [0, 0.1) is 11.3 Å². The number of aromatic nitrogens is 3. The third-order valence-corrected chi connectivity index (χ3v) is 4.64. The van der Waals surface area contributed by atoms with E-state index in [1.54, 1.807) is 29.1 Å². The first-order chi connectivity index (χ1) is 13.8. The van der Waals surface area contributed by atoms with Crippen LogP contribution in [0.5, 0.6) is 5.75 Å². The summed E-state index contributed by atoms with van der Waals surface area (Å²) in [5.74, 6) is 0.263. The lowest BCUT2D eigenvalue weighted by Crippen LogP contribution is -2.17. The van der Waals surface area contributed by atoms with Crippen LogP contribution in [0.1, 0.15) is 42.1 Å². The van der Waals surface area contributed by atoms with E-state index in [0.29, 0.717) is 18.5 Å². The van der Waals surface area contributed by atoms with E-state index in [9.17, 15) is 18.3 Å². The van der Waals surface area contributed by atoms with Gasteiger partial charge in [-0.1, -0.05) is 6.08 Å². The summed E-state index contributed by atoms with van der Waals surface area (Å²) in [6.45, 7) is 1.93. The zero-order valence-corrected chi connectivity index (χ0v) is 15.7. The molecule has 1 aliphatic rings. The molecule has 1 aromatic carbocycles. The van der Waals surface area contributed by atoms with E-state index in [0.717, 1.165) is 29.9 Å². The number of halogens is 3. The number of phenols is 1. The highest BCUT2D eigenvalue weighted by molar-refractivity contribution is 5.81. The van der Waals surface area contributed by atoms with Crippen molar-refractivity contribution in [3.05, 3.63) is 59.1 Å². The number of hydrogen-bond donors (Lipinski definition) is 1. The van der Waals surface area contributed by atoms with Crippen LogP contribution in [0.25, 0.3) is 17.1 Å². The maximum absolute atomic E-state index is 12.8. The Labute approximate surface area is 165 Å². The number of phenolic OH excluding ortho intramolecular Hbond substituents is 1. The molecular weight excluding hydrogens is 381 g/mol. The van der Waals surface area contributed by atoms with Gasteiger partial charge in [-0.15, -0.1) is 0 Å². The lowest BCUT2D eigenvalue weighted by atomic mass is 9.90. The Morgan fingerprint density at radius 1 is 1.21 bits per heavy atom. The van der Waals surface area contributed by atoms with Crippen molar-refractivity contribution in [1.82, 2.24) is 14.8 Å². The number of pyridine rings is 1. The molecule has 3 aromatic rings. The molecule has 0 bridgehead atoms. The molecule has 0 atom stereocenters. The molecule has 29 heavy (non-hydrogen) atoms. The van der Waals surface area contributed by atoms with Crippen molar-refractivity contribution in [3.63, 3.8) is 0 Å². The maximum Gasteiger partial charge on any atom is 0.418 e. The third kappa shape index (κ3) is 4.40. The Bertz CT molecular complexity index is 1090. The molecule has 0 aliphatic heterocycles. The maximum atomic E-state index is 12.8. The number of rotatable bonds is 1. The number of allylic oxidation sites excluding steroid dienone is 1.